The van der Waals surface area contributed by atoms with Gasteiger partial charge in [0.25, 0.3) is 0 Å². The lowest BCUT2D eigenvalue weighted by atomic mass is 10.1. The Bertz CT molecular complexity index is 451. The van der Waals surface area contributed by atoms with E-state index in [2.05, 4.69) is 29.1 Å². The highest BCUT2D eigenvalue weighted by Crippen LogP contribution is 2.18. The second-order valence-electron chi connectivity index (χ2n) is 6.27. The Morgan fingerprint density at radius 1 is 1.27 bits per heavy atom. The number of benzene rings is 1. The first-order chi connectivity index (χ1) is 10.7. The van der Waals surface area contributed by atoms with Crippen LogP contribution in [0.15, 0.2) is 35.3 Å². The predicted octanol–water partition coefficient (Wildman–Crippen LogP) is 3.15. The van der Waals surface area contributed by atoms with Gasteiger partial charge in [-0.25, -0.2) is 0 Å². The van der Waals surface area contributed by atoms with E-state index in [1.54, 1.807) is 0 Å². The van der Waals surface area contributed by atoms with Crippen LogP contribution in [0.25, 0.3) is 0 Å². The molecule has 1 aromatic carbocycles. The van der Waals surface area contributed by atoms with E-state index in [0.29, 0.717) is 6.10 Å². The molecule has 0 amide bonds. The number of para-hydroxylation sites is 1. The van der Waals surface area contributed by atoms with Crippen molar-refractivity contribution in [2.45, 2.75) is 39.2 Å². The number of nitrogens with zero attached hydrogens (tertiary/aromatic N) is 2. The van der Waals surface area contributed by atoms with Crippen molar-refractivity contribution in [1.29, 1.82) is 0 Å². The lowest BCUT2D eigenvalue weighted by Gasteiger charge is -2.34. The van der Waals surface area contributed by atoms with E-state index in [1.165, 1.54) is 6.42 Å². The summed E-state index contributed by atoms with van der Waals surface area (Å²) in [6, 6.07) is 10.1. The molecule has 0 unspecified atom stereocenters. The summed E-state index contributed by atoms with van der Waals surface area (Å²) in [6.07, 6.45) is 3.57. The van der Waals surface area contributed by atoms with Crippen LogP contribution in [0.4, 0.5) is 0 Å². The topological polar surface area (TPSA) is 36.9 Å². The fourth-order valence-corrected chi connectivity index (χ4v) is 2.68. The summed E-state index contributed by atoms with van der Waals surface area (Å²) < 4.78 is 6.04. The highest BCUT2D eigenvalue weighted by molar-refractivity contribution is 5.79. The second kappa shape index (κ2) is 8.66. The van der Waals surface area contributed by atoms with Gasteiger partial charge in [0, 0.05) is 39.5 Å². The van der Waals surface area contributed by atoms with Gasteiger partial charge in [0.2, 0.25) is 0 Å². The standard InChI is InChI=1S/C18H29N3O/c1-15(2)9-12-20-18(19-3)21-13-10-17(11-14-21)22-16-7-5-4-6-8-16/h4-8,15,17H,9-14H2,1-3H3,(H,19,20). The van der Waals surface area contributed by atoms with Crippen LogP contribution in [0.1, 0.15) is 33.1 Å². The van der Waals surface area contributed by atoms with Gasteiger partial charge in [0.15, 0.2) is 5.96 Å². The molecule has 0 atom stereocenters. The zero-order valence-corrected chi connectivity index (χ0v) is 14.1. The van der Waals surface area contributed by atoms with Crippen molar-refractivity contribution in [3.05, 3.63) is 30.3 Å². The third kappa shape index (κ3) is 5.24. The predicted molar refractivity (Wildman–Crippen MR) is 92.5 cm³/mol. The van der Waals surface area contributed by atoms with E-state index in [1.807, 2.05) is 37.4 Å². The number of likely N-dealkylation sites (tertiary alicyclic amines) is 1. The van der Waals surface area contributed by atoms with Crippen molar-refractivity contribution in [1.82, 2.24) is 10.2 Å². The van der Waals surface area contributed by atoms with Crippen LogP contribution in [0.5, 0.6) is 5.75 Å². The Morgan fingerprint density at radius 2 is 1.95 bits per heavy atom. The molecule has 4 nitrogen and oxygen atoms in total. The van der Waals surface area contributed by atoms with Gasteiger partial charge < -0.3 is 15.0 Å². The van der Waals surface area contributed by atoms with E-state index >= 15 is 0 Å². The third-order valence-corrected chi connectivity index (χ3v) is 4.00. The molecule has 1 fully saturated rings. The maximum Gasteiger partial charge on any atom is 0.193 e. The summed E-state index contributed by atoms with van der Waals surface area (Å²) in [4.78, 5) is 6.75. The monoisotopic (exact) mass is 303 g/mol. The fourth-order valence-electron chi connectivity index (χ4n) is 2.68. The van der Waals surface area contributed by atoms with E-state index < -0.39 is 0 Å². The molecule has 0 spiro atoms. The van der Waals surface area contributed by atoms with E-state index in [9.17, 15) is 0 Å². The van der Waals surface area contributed by atoms with Gasteiger partial charge in [-0.05, 0) is 24.5 Å². The molecule has 0 aliphatic carbocycles. The number of piperidine rings is 1. The Kier molecular flexibility index (Phi) is 6.56. The Balaban J connectivity index is 1.75. The minimum atomic E-state index is 0.312. The van der Waals surface area contributed by atoms with Gasteiger partial charge in [-0.2, -0.15) is 0 Å². The molecule has 1 aliphatic rings. The summed E-state index contributed by atoms with van der Waals surface area (Å²) in [5.74, 6) is 2.72. The maximum absolute atomic E-state index is 6.04. The fraction of sp³-hybridized carbons (Fsp3) is 0.611. The molecule has 0 radical (unpaired) electrons. The average Bonchev–Trinajstić information content (AvgIpc) is 2.53. The summed E-state index contributed by atoms with van der Waals surface area (Å²) in [6.45, 7) is 7.48. The lowest BCUT2D eigenvalue weighted by molar-refractivity contribution is 0.129. The Morgan fingerprint density at radius 3 is 2.55 bits per heavy atom. The average molecular weight is 303 g/mol. The van der Waals surface area contributed by atoms with Crippen molar-refractivity contribution in [2.24, 2.45) is 10.9 Å². The molecule has 1 N–H and O–H groups in total. The smallest absolute Gasteiger partial charge is 0.193 e. The quantitative estimate of drug-likeness (QED) is 0.670. The molecule has 2 rings (SSSR count). The number of ether oxygens (including phenoxy) is 1. The van der Waals surface area contributed by atoms with Gasteiger partial charge in [0.05, 0.1) is 0 Å². The van der Waals surface area contributed by atoms with Crippen LogP contribution in [0, 0.1) is 5.92 Å². The second-order valence-corrected chi connectivity index (χ2v) is 6.27. The van der Waals surface area contributed by atoms with Crippen molar-refractivity contribution < 1.29 is 4.74 Å². The number of nitrogens with one attached hydrogen (secondary N) is 1. The van der Waals surface area contributed by atoms with Crippen LogP contribution in [-0.4, -0.2) is 43.6 Å². The molecule has 22 heavy (non-hydrogen) atoms. The zero-order chi connectivity index (χ0) is 15.8. The van der Waals surface area contributed by atoms with Crippen LogP contribution in [-0.2, 0) is 0 Å². The Labute approximate surface area is 134 Å². The van der Waals surface area contributed by atoms with Gasteiger partial charge >= 0.3 is 0 Å². The third-order valence-electron chi connectivity index (χ3n) is 4.00. The zero-order valence-electron chi connectivity index (χ0n) is 14.1. The van der Waals surface area contributed by atoms with E-state index in [-0.39, 0.29) is 0 Å². The van der Waals surface area contributed by atoms with Crippen LogP contribution < -0.4 is 10.1 Å². The minimum absolute atomic E-state index is 0.312. The minimum Gasteiger partial charge on any atom is -0.490 e. The molecule has 1 aromatic rings. The van der Waals surface area contributed by atoms with E-state index in [0.717, 1.165) is 50.1 Å². The molecule has 1 heterocycles. The Hall–Kier alpha value is -1.71. The normalized spacial score (nSPS) is 16.9. The van der Waals surface area contributed by atoms with Gasteiger partial charge in [-0.1, -0.05) is 32.0 Å². The maximum atomic E-state index is 6.04. The van der Waals surface area contributed by atoms with Crippen molar-refractivity contribution in [3.8, 4) is 5.75 Å². The van der Waals surface area contributed by atoms with Crippen molar-refractivity contribution >= 4 is 5.96 Å². The first-order valence-electron chi connectivity index (χ1n) is 8.36. The van der Waals surface area contributed by atoms with Gasteiger partial charge in [-0.3, -0.25) is 4.99 Å². The molecule has 1 aliphatic heterocycles. The van der Waals surface area contributed by atoms with Crippen LogP contribution in [0.2, 0.25) is 0 Å². The highest BCUT2D eigenvalue weighted by Gasteiger charge is 2.22. The van der Waals surface area contributed by atoms with Crippen molar-refractivity contribution in [2.75, 3.05) is 26.7 Å². The van der Waals surface area contributed by atoms with Crippen molar-refractivity contribution in [3.63, 3.8) is 0 Å². The van der Waals surface area contributed by atoms with Crippen LogP contribution >= 0.6 is 0 Å². The van der Waals surface area contributed by atoms with Gasteiger partial charge in [0.1, 0.15) is 11.9 Å². The molecular weight excluding hydrogens is 274 g/mol. The summed E-state index contributed by atoms with van der Waals surface area (Å²) in [5, 5.41) is 3.47. The SMILES string of the molecule is CN=C(NCCC(C)C)N1CCC(Oc2ccccc2)CC1. The lowest BCUT2D eigenvalue weighted by Crippen LogP contribution is -2.47. The number of aliphatic imine (C=N–C) groups is 1. The first-order valence-corrected chi connectivity index (χ1v) is 8.36. The van der Waals surface area contributed by atoms with E-state index in [4.69, 9.17) is 4.74 Å². The molecule has 122 valence electrons. The number of guanidine groups is 1. The molecular formula is C18H29N3O. The summed E-state index contributed by atoms with van der Waals surface area (Å²) in [5.41, 5.74) is 0. The molecule has 0 aromatic heterocycles. The largest absolute Gasteiger partial charge is 0.490 e. The van der Waals surface area contributed by atoms with Crippen LogP contribution in [0.3, 0.4) is 0 Å². The molecule has 0 saturated carbocycles. The number of rotatable bonds is 5. The van der Waals surface area contributed by atoms with Gasteiger partial charge in [-0.15, -0.1) is 0 Å². The summed E-state index contributed by atoms with van der Waals surface area (Å²) >= 11 is 0. The molecule has 0 bridgehead atoms. The highest BCUT2D eigenvalue weighted by atomic mass is 16.5. The number of hydrogen-bond acceptors (Lipinski definition) is 2. The first kappa shape index (κ1) is 16.7. The molecule has 1 saturated heterocycles. The number of hydrogen-bond donors (Lipinski definition) is 1. The molecule has 4 heteroatoms. The summed E-state index contributed by atoms with van der Waals surface area (Å²) in [7, 11) is 1.87.